The maximum absolute atomic E-state index is 13.2. The number of hydrogen-bond donors (Lipinski definition) is 2. The number of nitrogens with one attached hydrogen (secondary N) is 1. The summed E-state index contributed by atoms with van der Waals surface area (Å²) in [5.41, 5.74) is 6.15. The highest BCUT2D eigenvalue weighted by molar-refractivity contribution is 6.30. The summed E-state index contributed by atoms with van der Waals surface area (Å²) in [6, 6.07) is 9.47. The van der Waals surface area contributed by atoms with Gasteiger partial charge >= 0.3 is 5.97 Å². The third-order valence-electron chi connectivity index (χ3n) is 3.29. The first-order chi connectivity index (χ1) is 12.9. The fraction of sp³-hybridized carbons (Fsp3) is 0.0588. The third-order valence-corrected chi connectivity index (χ3v) is 3.54. The number of carbonyl (C=O) groups is 1. The van der Waals surface area contributed by atoms with Gasteiger partial charge < -0.3 is 15.8 Å². The summed E-state index contributed by atoms with van der Waals surface area (Å²) in [6.07, 6.45) is 0. The van der Waals surface area contributed by atoms with Gasteiger partial charge in [-0.2, -0.15) is 15.0 Å². The Morgan fingerprint density at radius 3 is 2.52 bits per heavy atom. The van der Waals surface area contributed by atoms with Crippen molar-refractivity contribution in [2.24, 2.45) is 0 Å². The van der Waals surface area contributed by atoms with Crippen molar-refractivity contribution in [3.05, 3.63) is 70.5 Å². The molecule has 0 spiro atoms. The molecule has 10 heteroatoms. The first kappa shape index (κ1) is 18.5. The lowest BCUT2D eigenvalue weighted by Gasteiger charge is -2.08. The number of carbonyl (C=O) groups excluding carboxylic acids is 1. The molecule has 0 fully saturated rings. The van der Waals surface area contributed by atoms with Crippen molar-refractivity contribution in [1.29, 1.82) is 0 Å². The van der Waals surface area contributed by atoms with Gasteiger partial charge in [0.15, 0.2) is 24.1 Å². The highest BCUT2D eigenvalue weighted by Crippen LogP contribution is 2.17. The molecule has 2 aromatic carbocycles. The van der Waals surface area contributed by atoms with Gasteiger partial charge in [-0.25, -0.2) is 13.6 Å². The van der Waals surface area contributed by atoms with E-state index in [1.165, 1.54) is 0 Å². The van der Waals surface area contributed by atoms with E-state index < -0.39 is 17.6 Å². The topological polar surface area (TPSA) is 103 Å². The van der Waals surface area contributed by atoms with Crippen LogP contribution in [0.2, 0.25) is 5.02 Å². The van der Waals surface area contributed by atoms with Crippen LogP contribution in [0.3, 0.4) is 0 Å². The van der Waals surface area contributed by atoms with E-state index in [2.05, 4.69) is 20.3 Å². The molecule has 138 valence electrons. The molecule has 1 heterocycles. The Morgan fingerprint density at radius 1 is 1.07 bits per heavy atom. The smallest absolute Gasteiger partial charge is 0.338 e. The second kappa shape index (κ2) is 7.92. The van der Waals surface area contributed by atoms with Gasteiger partial charge in [0.2, 0.25) is 11.9 Å². The van der Waals surface area contributed by atoms with E-state index in [4.69, 9.17) is 22.1 Å². The number of benzene rings is 2. The molecule has 0 unspecified atom stereocenters. The molecule has 7 nitrogen and oxygen atoms in total. The predicted molar refractivity (Wildman–Crippen MR) is 94.5 cm³/mol. The molecule has 0 aliphatic heterocycles. The molecule has 3 N–H and O–H groups in total. The Balaban J connectivity index is 1.69. The Morgan fingerprint density at radius 2 is 1.81 bits per heavy atom. The first-order valence-electron chi connectivity index (χ1n) is 7.56. The van der Waals surface area contributed by atoms with Gasteiger partial charge in [-0.1, -0.05) is 11.6 Å². The molecule has 27 heavy (non-hydrogen) atoms. The van der Waals surface area contributed by atoms with E-state index in [0.29, 0.717) is 10.7 Å². The zero-order valence-electron chi connectivity index (χ0n) is 13.6. The second-order valence-corrected chi connectivity index (χ2v) is 5.71. The molecular formula is C17H12ClF2N5O2. The minimum Gasteiger partial charge on any atom is -0.454 e. The van der Waals surface area contributed by atoms with Gasteiger partial charge in [-0.05, 0) is 42.5 Å². The van der Waals surface area contributed by atoms with Gasteiger partial charge in [0.05, 0.1) is 5.56 Å². The summed E-state index contributed by atoms with van der Waals surface area (Å²) >= 11 is 5.82. The lowest BCUT2D eigenvalue weighted by Crippen LogP contribution is -2.11. The number of halogens is 3. The van der Waals surface area contributed by atoms with E-state index >= 15 is 0 Å². The van der Waals surface area contributed by atoms with Crippen LogP contribution in [0.1, 0.15) is 16.2 Å². The molecular weight excluding hydrogens is 380 g/mol. The van der Waals surface area contributed by atoms with Gasteiger partial charge in [-0.15, -0.1) is 0 Å². The van der Waals surface area contributed by atoms with Gasteiger partial charge in [-0.3, -0.25) is 0 Å². The first-order valence-corrected chi connectivity index (χ1v) is 7.94. The molecule has 0 saturated heterocycles. The Bertz CT molecular complexity index is 986. The molecule has 0 atom stereocenters. The van der Waals surface area contributed by atoms with E-state index in [1.807, 2.05) is 0 Å². The lowest BCUT2D eigenvalue weighted by molar-refractivity contribution is 0.0461. The standard InChI is InChI=1S/C17H12ClF2N5O2/c18-10-2-4-11(5-3-10)22-17-24-14(23-16(21)25-17)8-27-15(26)9-1-6-12(19)13(20)7-9/h1-7H,8H2,(H3,21,22,23,24,25). The van der Waals surface area contributed by atoms with Crippen molar-refractivity contribution in [3.8, 4) is 0 Å². The Labute approximate surface area is 157 Å². The quantitative estimate of drug-likeness (QED) is 0.641. The Hall–Kier alpha value is -3.33. The van der Waals surface area contributed by atoms with Crippen LogP contribution in [-0.4, -0.2) is 20.9 Å². The van der Waals surface area contributed by atoms with E-state index in [1.54, 1.807) is 24.3 Å². The number of nitrogens with two attached hydrogens (primary N) is 1. The number of rotatable bonds is 5. The third kappa shape index (κ3) is 4.85. The monoisotopic (exact) mass is 391 g/mol. The molecule has 1 aromatic heterocycles. The van der Waals surface area contributed by atoms with Crippen LogP contribution in [0.25, 0.3) is 0 Å². The van der Waals surface area contributed by atoms with Crippen molar-refractivity contribution < 1.29 is 18.3 Å². The summed E-state index contributed by atoms with van der Waals surface area (Å²) in [5, 5.41) is 3.48. The molecule has 0 bridgehead atoms. The largest absolute Gasteiger partial charge is 0.454 e. The molecule has 0 amide bonds. The van der Waals surface area contributed by atoms with Crippen LogP contribution in [0.15, 0.2) is 42.5 Å². The van der Waals surface area contributed by atoms with Gasteiger partial charge in [0.1, 0.15) is 0 Å². The van der Waals surface area contributed by atoms with Crippen LogP contribution in [0.5, 0.6) is 0 Å². The zero-order valence-corrected chi connectivity index (χ0v) is 14.4. The summed E-state index contributed by atoms with van der Waals surface area (Å²) in [6.45, 7) is -0.333. The van der Waals surface area contributed by atoms with Crippen LogP contribution in [-0.2, 0) is 11.3 Å². The Kier molecular flexibility index (Phi) is 5.41. The molecule has 0 saturated carbocycles. The van der Waals surface area contributed by atoms with E-state index in [0.717, 1.165) is 18.2 Å². The number of ether oxygens (including phenoxy) is 1. The molecule has 0 radical (unpaired) electrons. The van der Waals surface area contributed by atoms with Crippen LogP contribution in [0, 0.1) is 11.6 Å². The van der Waals surface area contributed by atoms with Crippen molar-refractivity contribution in [1.82, 2.24) is 15.0 Å². The van der Waals surface area contributed by atoms with E-state index in [-0.39, 0.29) is 29.9 Å². The number of nitrogen functional groups attached to an aromatic ring is 1. The minimum absolute atomic E-state index is 0.0786. The number of nitrogens with zero attached hydrogens (tertiary/aromatic N) is 3. The molecule has 3 rings (SSSR count). The molecule has 0 aliphatic rings. The number of aromatic nitrogens is 3. The van der Waals surface area contributed by atoms with Crippen LogP contribution < -0.4 is 11.1 Å². The second-order valence-electron chi connectivity index (χ2n) is 5.27. The summed E-state index contributed by atoms with van der Waals surface area (Å²) in [7, 11) is 0. The van der Waals surface area contributed by atoms with Crippen molar-refractivity contribution in [2.45, 2.75) is 6.61 Å². The average Bonchev–Trinajstić information content (AvgIpc) is 2.63. The number of esters is 1. The van der Waals surface area contributed by atoms with Crippen molar-refractivity contribution in [2.75, 3.05) is 11.1 Å². The summed E-state index contributed by atoms with van der Waals surface area (Å²) in [4.78, 5) is 23.8. The number of hydrogen-bond acceptors (Lipinski definition) is 7. The maximum atomic E-state index is 13.2. The van der Waals surface area contributed by atoms with E-state index in [9.17, 15) is 13.6 Å². The molecule has 3 aromatic rings. The highest BCUT2D eigenvalue weighted by Gasteiger charge is 2.13. The zero-order chi connectivity index (χ0) is 19.4. The van der Waals surface area contributed by atoms with Crippen molar-refractivity contribution in [3.63, 3.8) is 0 Å². The number of anilines is 3. The summed E-state index contributed by atoms with van der Waals surface area (Å²) in [5.74, 6) is -2.93. The highest BCUT2D eigenvalue weighted by atomic mass is 35.5. The predicted octanol–water partition coefficient (Wildman–Crippen LogP) is 3.49. The fourth-order valence-electron chi connectivity index (χ4n) is 2.06. The van der Waals surface area contributed by atoms with Crippen LogP contribution >= 0.6 is 11.6 Å². The summed E-state index contributed by atoms with van der Waals surface area (Å²) < 4.78 is 31.1. The maximum Gasteiger partial charge on any atom is 0.338 e. The lowest BCUT2D eigenvalue weighted by atomic mass is 10.2. The minimum atomic E-state index is -1.15. The normalized spacial score (nSPS) is 10.5. The SMILES string of the molecule is Nc1nc(COC(=O)c2ccc(F)c(F)c2)nc(Nc2ccc(Cl)cc2)n1. The van der Waals surface area contributed by atoms with Crippen molar-refractivity contribution >= 4 is 35.2 Å². The average molecular weight is 392 g/mol. The van der Waals surface area contributed by atoms with Gasteiger partial charge in [0.25, 0.3) is 0 Å². The molecule has 0 aliphatic carbocycles. The van der Waals surface area contributed by atoms with Gasteiger partial charge in [0, 0.05) is 10.7 Å². The fourth-order valence-corrected chi connectivity index (χ4v) is 2.18. The van der Waals surface area contributed by atoms with Crippen LogP contribution in [0.4, 0.5) is 26.4 Å².